The van der Waals surface area contributed by atoms with Gasteiger partial charge in [0.25, 0.3) is 5.91 Å². The number of likely N-dealkylation sites (tertiary alicyclic amines) is 1. The molecule has 1 amide bonds. The highest BCUT2D eigenvalue weighted by Crippen LogP contribution is 2.29. The molecule has 9 heteroatoms. The Morgan fingerprint density at radius 1 is 1.03 bits per heavy atom. The van der Waals surface area contributed by atoms with Crippen LogP contribution in [0.4, 0.5) is 5.82 Å². The molecular formula is C30H43N5O3S. The van der Waals surface area contributed by atoms with Gasteiger partial charge in [0.15, 0.2) is 5.16 Å². The summed E-state index contributed by atoms with van der Waals surface area (Å²) in [5.41, 5.74) is 2.74. The van der Waals surface area contributed by atoms with E-state index in [9.17, 15) is 9.59 Å². The second-order valence-electron chi connectivity index (χ2n) is 11.4. The van der Waals surface area contributed by atoms with Crippen molar-refractivity contribution < 1.29 is 14.3 Å². The number of aromatic nitrogens is 2. The minimum Gasteiger partial charge on any atom is -0.466 e. The van der Waals surface area contributed by atoms with Crippen LogP contribution >= 0.6 is 11.8 Å². The third-order valence-corrected chi connectivity index (χ3v) is 8.42. The van der Waals surface area contributed by atoms with E-state index in [0.717, 1.165) is 73.5 Å². The molecule has 39 heavy (non-hydrogen) atoms. The van der Waals surface area contributed by atoms with Gasteiger partial charge in [-0.25, -0.2) is 9.97 Å². The second kappa shape index (κ2) is 13.1. The fourth-order valence-corrected chi connectivity index (χ4v) is 5.81. The van der Waals surface area contributed by atoms with Gasteiger partial charge in [-0.1, -0.05) is 51.6 Å². The first-order chi connectivity index (χ1) is 18.7. The number of likely N-dealkylation sites (N-methyl/N-ethyl adjacent to an activating group) is 1. The van der Waals surface area contributed by atoms with Crippen molar-refractivity contribution in [3.63, 3.8) is 0 Å². The molecule has 2 fully saturated rings. The zero-order valence-electron chi connectivity index (χ0n) is 24.1. The monoisotopic (exact) mass is 553 g/mol. The molecule has 0 N–H and O–H groups in total. The van der Waals surface area contributed by atoms with Crippen molar-refractivity contribution in [2.24, 2.45) is 5.92 Å². The van der Waals surface area contributed by atoms with Crippen molar-refractivity contribution in [3.8, 4) is 0 Å². The van der Waals surface area contributed by atoms with Gasteiger partial charge in [0.05, 0.1) is 18.2 Å². The number of amides is 1. The lowest BCUT2D eigenvalue weighted by Gasteiger charge is -2.35. The standard InChI is InChI=1S/C30H43N5O3S/c1-6-33-15-17-34(18-16-33)26-19-25(30(3,4)5)31-29(32-26)39-21-22-10-12-23(13-11-22)27(36)35-14-8-9-24(20-35)28(37)38-7-2/h10-13,19,24H,6-9,14-18,20-21H2,1-5H3/t24-/m1/s1. The summed E-state index contributed by atoms with van der Waals surface area (Å²) in [7, 11) is 0. The molecule has 4 rings (SSSR count). The Kier molecular flexibility index (Phi) is 9.88. The number of hydrogen-bond donors (Lipinski definition) is 0. The summed E-state index contributed by atoms with van der Waals surface area (Å²) in [5.74, 6) is 1.27. The molecule has 212 valence electrons. The highest BCUT2D eigenvalue weighted by atomic mass is 32.2. The van der Waals surface area contributed by atoms with Crippen LogP contribution in [0.2, 0.25) is 0 Å². The number of carbonyl (C=O) groups excluding carboxylic acids is 2. The Bertz CT molecular complexity index is 1130. The Hall–Kier alpha value is -2.65. The molecule has 2 aliphatic rings. The second-order valence-corrected chi connectivity index (χ2v) is 12.3. The number of nitrogens with zero attached hydrogens (tertiary/aromatic N) is 5. The molecule has 1 atom stereocenters. The van der Waals surface area contributed by atoms with Gasteiger partial charge < -0.3 is 19.4 Å². The number of piperazine rings is 1. The van der Waals surface area contributed by atoms with Crippen LogP contribution in [0, 0.1) is 5.92 Å². The molecule has 0 unspecified atom stereocenters. The molecule has 0 aliphatic carbocycles. The van der Waals surface area contributed by atoms with Crippen molar-refractivity contribution in [1.82, 2.24) is 19.8 Å². The molecule has 0 saturated carbocycles. The molecule has 8 nitrogen and oxygen atoms in total. The molecule has 0 radical (unpaired) electrons. The van der Waals surface area contributed by atoms with Crippen LogP contribution in [0.15, 0.2) is 35.5 Å². The maximum atomic E-state index is 13.1. The lowest BCUT2D eigenvalue weighted by Crippen LogP contribution is -2.46. The first-order valence-corrected chi connectivity index (χ1v) is 15.2. The maximum absolute atomic E-state index is 13.1. The number of benzene rings is 1. The molecular weight excluding hydrogens is 510 g/mol. The summed E-state index contributed by atoms with van der Waals surface area (Å²) in [6.45, 7) is 17.2. The third kappa shape index (κ3) is 7.72. The van der Waals surface area contributed by atoms with Gasteiger partial charge in [-0.05, 0) is 44.0 Å². The van der Waals surface area contributed by atoms with Crippen LogP contribution in [0.3, 0.4) is 0 Å². The SMILES string of the molecule is CCOC(=O)[C@@H]1CCCN(C(=O)c2ccc(CSc3nc(N4CCN(CC)CC4)cc(C(C)(C)C)n3)cc2)C1. The Morgan fingerprint density at radius 2 is 1.74 bits per heavy atom. The summed E-state index contributed by atoms with van der Waals surface area (Å²) in [6, 6.07) is 9.94. The summed E-state index contributed by atoms with van der Waals surface area (Å²) in [5, 5.41) is 0.786. The quantitative estimate of drug-likeness (QED) is 0.266. The number of rotatable bonds is 8. The predicted molar refractivity (Wildman–Crippen MR) is 156 cm³/mol. The lowest BCUT2D eigenvalue weighted by molar-refractivity contribution is -0.149. The van der Waals surface area contributed by atoms with E-state index in [0.29, 0.717) is 25.3 Å². The number of esters is 1. The number of anilines is 1. The largest absolute Gasteiger partial charge is 0.466 e. The van der Waals surface area contributed by atoms with Crippen LogP contribution in [0.1, 0.15) is 69.1 Å². The van der Waals surface area contributed by atoms with E-state index in [1.54, 1.807) is 16.7 Å². The van der Waals surface area contributed by atoms with Crippen molar-refractivity contribution in [2.75, 3.05) is 57.3 Å². The van der Waals surface area contributed by atoms with E-state index in [1.807, 2.05) is 31.2 Å². The molecule has 0 bridgehead atoms. The van der Waals surface area contributed by atoms with Crippen molar-refractivity contribution in [2.45, 2.75) is 63.8 Å². The predicted octanol–water partition coefficient (Wildman–Crippen LogP) is 4.62. The normalized spacial score (nSPS) is 18.7. The smallest absolute Gasteiger partial charge is 0.310 e. The number of carbonyl (C=O) groups is 2. The molecule has 2 aromatic rings. The highest BCUT2D eigenvalue weighted by molar-refractivity contribution is 7.98. The number of ether oxygens (including phenoxy) is 1. The minimum absolute atomic E-state index is 0.0303. The van der Waals surface area contributed by atoms with Gasteiger partial charge in [0, 0.05) is 62.1 Å². The number of hydrogen-bond acceptors (Lipinski definition) is 8. The van der Waals surface area contributed by atoms with E-state index in [1.165, 1.54) is 0 Å². The van der Waals surface area contributed by atoms with Gasteiger partial charge in [0.2, 0.25) is 0 Å². The van der Waals surface area contributed by atoms with Gasteiger partial charge in [-0.3, -0.25) is 9.59 Å². The van der Waals surface area contributed by atoms with Crippen LogP contribution in [0.25, 0.3) is 0 Å². The topological polar surface area (TPSA) is 78.9 Å². The van der Waals surface area contributed by atoms with Crippen LogP contribution in [-0.2, 0) is 20.7 Å². The van der Waals surface area contributed by atoms with E-state index in [2.05, 4.69) is 43.6 Å². The molecule has 1 aromatic carbocycles. The molecule has 0 spiro atoms. The van der Waals surface area contributed by atoms with Crippen LogP contribution in [-0.4, -0.2) is 84.1 Å². The lowest BCUT2D eigenvalue weighted by atomic mass is 9.92. The zero-order valence-corrected chi connectivity index (χ0v) is 24.9. The van der Waals surface area contributed by atoms with Crippen LogP contribution in [0.5, 0.6) is 0 Å². The number of piperidine rings is 1. The van der Waals surface area contributed by atoms with E-state index >= 15 is 0 Å². The third-order valence-electron chi connectivity index (χ3n) is 7.50. The average Bonchev–Trinajstić information content (AvgIpc) is 2.95. The molecule has 1 aromatic heterocycles. The Morgan fingerprint density at radius 3 is 2.38 bits per heavy atom. The molecule has 3 heterocycles. The average molecular weight is 554 g/mol. The molecule has 2 saturated heterocycles. The Labute approximate surface area is 237 Å². The van der Waals surface area contributed by atoms with Gasteiger partial charge in [-0.2, -0.15) is 0 Å². The fraction of sp³-hybridized carbons (Fsp3) is 0.600. The summed E-state index contributed by atoms with van der Waals surface area (Å²) < 4.78 is 5.18. The van der Waals surface area contributed by atoms with E-state index < -0.39 is 0 Å². The fourth-order valence-electron chi connectivity index (χ4n) is 5.00. The first kappa shape index (κ1) is 29.3. The van der Waals surface area contributed by atoms with Crippen molar-refractivity contribution >= 4 is 29.5 Å². The first-order valence-electron chi connectivity index (χ1n) is 14.2. The van der Waals surface area contributed by atoms with Crippen molar-refractivity contribution in [1.29, 1.82) is 0 Å². The Balaban J connectivity index is 1.40. The van der Waals surface area contributed by atoms with Gasteiger partial charge in [0.1, 0.15) is 5.82 Å². The van der Waals surface area contributed by atoms with Crippen LogP contribution < -0.4 is 4.90 Å². The maximum Gasteiger partial charge on any atom is 0.310 e. The minimum atomic E-state index is -0.234. The van der Waals surface area contributed by atoms with Crippen molar-refractivity contribution in [3.05, 3.63) is 47.2 Å². The highest BCUT2D eigenvalue weighted by Gasteiger charge is 2.30. The zero-order chi connectivity index (χ0) is 28.0. The summed E-state index contributed by atoms with van der Waals surface area (Å²) in [4.78, 5) is 41.8. The summed E-state index contributed by atoms with van der Waals surface area (Å²) in [6.07, 6.45) is 1.59. The number of thioether (sulfide) groups is 1. The van der Waals surface area contributed by atoms with E-state index in [4.69, 9.17) is 14.7 Å². The summed E-state index contributed by atoms with van der Waals surface area (Å²) >= 11 is 1.63. The van der Waals surface area contributed by atoms with Gasteiger partial charge >= 0.3 is 5.97 Å². The van der Waals surface area contributed by atoms with E-state index in [-0.39, 0.29) is 23.2 Å². The van der Waals surface area contributed by atoms with Gasteiger partial charge in [-0.15, -0.1) is 0 Å². The molecule has 2 aliphatic heterocycles.